The molecule has 1 unspecified atom stereocenters. The summed E-state index contributed by atoms with van der Waals surface area (Å²) in [6, 6.07) is 1.08. The zero-order chi connectivity index (χ0) is 13.7. The molecule has 0 saturated heterocycles. The zero-order valence-corrected chi connectivity index (χ0v) is 10.9. The first-order valence-corrected chi connectivity index (χ1v) is 6.03. The van der Waals surface area contributed by atoms with Crippen molar-refractivity contribution in [1.29, 1.82) is 0 Å². The largest absolute Gasteiger partial charge is 0.476 e. The highest BCUT2D eigenvalue weighted by Crippen LogP contribution is 2.19. The highest BCUT2D eigenvalue weighted by Gasteiger charge is 2.20. The first-order valence-electron chi connectivity index (χ1n) is 6.03. The Balaban J connectivity index is 2.89. The van der Waals surface area contributed by atoms with Crippen LogP contribution >= 0.6 is 0 Å². The van der Waals surface area contributed by atoms with Gasteiger partial charge in [0.1, 0.15) is 0 Å². The molecule has 0 fully saturated rings. The predicted octanol–water partition coefficient (Wildman–Crippen LogP) is 2.18. The molecule has 1 rings (SSSR count). The summed E-state index contributed by atoms with van der Waals surface area (Å²) in [5, 5.41) is 0. The van der Waals surface area contributed by atoms with Crippen LogP contribution in [0.2, 0.25) is 0 Å². The lowest BCUT2D eigenvalue weighted by molar-refractivity contribution is 0.0962. The van der Waals surface area contributed by atoms with Crippen molar-refractivity contribution in [3.05, 3.63) is 23.6 Å². The van der Waals surface area contributed by atoms with Crippen LogP contribution in [0, 0.1) is 11.7 Å². The number of hydrogen-bond donors (Lipinski definition) is 1. The van der Waals surface area contributed by atoms with E-state index in [4.69, 9.17) is 10.5 Å². The van der Waals surface area contributed by atoms with Crippen LogP contribution in [-0.2, 0) is 0 Å². The second-order valence-corrected chi connectivity index (χ2v) is 4.45. The van der Waals surface area contributed by atoms with Crippen molar-refractivity contribution in [2.45, 2.75) is 33.2 Å². The lowest BCUT2D eigenvalue weighted by Crippen LogP contribution is -2.29. The van der Waals surface area contributed by atoms with Crippen molar-refractivity contribution >= 4 is 5.78 Å². The lowest BCUT2D eigenvalue weighted by Gasteiger charge is -2.15. The van der Waals surface area contributed by atoms with Gasteiger partial charge in [-0.2, -0.15) is 0 Å². The van der Waals surface area contributed by atoms with E-state index in [2.05, 4.69) is 4.98 Å². The summed E-state index contributed by atoms with van der Waals surface area (Å²) in [5.41, 5.74) is 5.80. The second kappa shape index (κ2) is 6.44. The molecule has 1 aromatic rings. The third-order valence-electron chi connectivity index (χ3n) is 2.72. The van der Waals surface area contributed by atoms with Crippen molar-refractivity contribution in [3.8, 4) is 5.88 Å². The number of carbonyl (C=O) groups excluding carboxylic acids is 1. The minimum absolute atomic E-state index is 0.00968. The number of halogens is 1. The van der Waals surface area contributed by atoms with E-state index in [-0.39, 0.29) is 35.6 Å². The standard InChI is InChI=1S/C13H19FN2O2/c1-4-18-13-12(14)9(5-6-16-13)11(17)7-10(15)8(2)3/h5-6,8,10H,4,7,15H2,1-3H3. The molecule has 0 aliphatic carbocycles. The smallest absolute Gasteiger partial charge is 0.251 e. The summed E-state index contributed by atoms with van der Waals surface area (Å²) in [4.78, 5) is 15.7. The predicted molar refractivity (Wildman–Crippen MR) is 67.1 cm³/mol. The molecule has 2 N–H and O–H groups in total. The minimum Gasteiger partial charge on any atom is -0.476 e. The van der Waals surface area contributed by atoms with Crippen LogP contribution in [0.3, 0.4) is 0 Å². The van der Waals surface area contributed by atoms with E-state index in [9.17, 15) is 9.18 Å². The molecule has 4 nitrogen and oxygen atoms in total. The average molecular weight is 254 g/mol. The number of Topliss-reactive ketones (excluding diaryl/α,β-unsaturated/α-hetero) is 1. The molecule has 5 heteroatoms. The molecule has 0 aliphatic rings. The number of pyridine rings is 1. The normalized spacial score (nSPS) is 12.6. The fourth-order valence-electron chi connectivity index (χ4n) is 1.44. The highest BCUT2D eigenvalue weighted by atomic mass is 19.1. The summed E-state index contributed by atoms with van der Waals surface area (Å²) < 4.78 is 18.9. The fourth-order valence-corrected chi connectivity index (χ4v) is 1.44. The number of nitrogens with zero attached hydrogens (tertiary/aromatic N) is 1. The first kappa shape index (κ1) is 14.6. The van der Waals surface area contributed by atoms with Crippen molar-refractivity contribution in [2.24, 2.45) is 11.7 Å². The number of ether oxygens (including phenoxy) is 1. The van der Waals surface area contributed by atoms with Gasteiger partial charge in [0, 0.05) is 18.7 Å². The maximum Gasteiger partial charge on any atom is 0.251 e. The molecule has 18 heavy (non-hydrogen) atoms. The SMILES string of the molecule is CCOc1nccc(C(=O)CC(N)C(C)C)c1F. The zero-order valence-electron chi connectivity index (χ0n) is 10.9. The number of carbonyl (C=O) groups is 1. The number of ketones is 1. The molecule has 1 aromatic heterocycles. The van der Waals surface area contributed by atoms with E-state index >= 15 is 0 Å². The molecule has 0 saturated carbocycles. The van der Waals surface area contributed by atoms with Crippen molar-refractivity contribution in [3.63, 3.8) is 0 Å². The van der Waals surface area contributed by atoms with Gasteiger partial charge in [-0.15, -0.1) is 0 Å². The minimum atomic E-state index is -0.708. The monoisotopic (exact) mass is 254 g/mol. The second-order valence-electron chi connectivity index (χ2n) is 4.45. The van der Waals surface area contributed by atoms with E-state index < -0.39 is 5.82 Å². The van der Waals surface area contributed by atoms with Gasteiger partial charge in [0.25, 0.3) is 5.88 Å². The van der Waals surface area contributed by atoms with Crippen LogP contribution in [0.25, 0.3) is 0 Å². The highest BCUT2D eigenvalue weighted by molar-refractivity contribution is 5.96. The van der Waals surface area contributed by atoms with Gasteiger partial charge in [0.2, 0.25) is 0 Å². The van der Waals surface area contributed by atoms with Crippen molar-refractivity contribution in [2.75, 3.05) is 6.61 Å². The van der Waals surface area contributed by atoms with Crippen LogP contribution < -0.4 is 10.5 Å². The van der Waals surface area contributed by atoms with E-state index in [0.717, 1.165) is 0 Å². The Hall–Kier alpha value is -1.49. The summed E-state index contributed by atoms with van der Waals surface area (Å²) in [5.74, 6) is -0.996. The summed E-state index contributed by atoms with van der Waals surface area (Å²) >= 11 is 0. The quantitative estimate of drug-likeness (QED) is 0.790. The first-order chi connectivity index (χ1) is 8.47. The number of rotatable bonds is 6. The molecular weight excluding hydrogens is 235 g/mol. The van der Waals surface area contributed by atoms with Gasteiger partial charge >= 0.3 is 0 Å². The number of hydrogen-bond acceptors (Lipinski definition) is 4. The Labute approximate surface area is 106 Å². The van der Waals surface area contributed by atoms with Crippen molar-refractivity contribution in [1.82, 2.24) is 4.98 Å². The Bertz CT molecular complexity index is 421. The van der Waals surface area contributed by atoms with Gasteiger partial charge in [-0.1, -0.05) is 13.8 Å². The molecule has 0 bridgehead atoms. The summed E-state index contributed by atoms with van der Waals surface area (Å²) in [7, 11) is 0. The molecular formula is C13H19FN2O2. The number of nitrogens with two attached hydrogens (primary N) is 1. The number of aromatic nitrogens is 1. The Morgan fingerprint density at radius 3 is 2.78 bits per heavy atom. The average Bonchev–Trinajstić information content (AvgIpc) is 2.31. The van der Waals surface area contributed by atoms with Crippen LogP contribution in [0.5, 0.6) is 5.88 Å². The van der Waals surface area contributed by atoms with Crippen LogP contribution in [0.15, 0.2) is 12.3 Å². The van der Waals surface area contributed by atoms with Crippen molar-refractivity contribution < 1.29 is 13.9 Å². The van der Waals surface area contributed by atoms with E-state index in [1.54, 1.807) is 6.92 Å². The molecule has 0 radical (unpaired) electrons. The molecule has 0 aliphatic heterocycles. The molecule has 0 amide bonds. The molecule has 0 spiro atoms. The van der Waals surface area contributed by atoms with E-state index in [0.29, 0.717) is 6.61 Å². The molecule has 1 atom stereocenters. The maximum atomic E-state index is 13.9. The molecule has 0 aromatic carbocycles. The summed E-state index contributed by atoms with van der Waals surface area (Å²) in [6.07, 6.45) is 1.48. The van der Waals surface area contributed by atoms with E-state index in [1.165, 1.54) is 12.3 Å². The van der Waals surface area contributed by atoms with Crippen LogP contribution in [0.1, 0.15) is 37.6 Å². The van der Waals surface area contributed by atoms with E-state index in [1.807, 2.05) is 13.8 Å². The molecule has 1 heterocycles. The van der Waals surface area contributed by atoms with Gasteiger partial charge in [0.15, 0.2) is 11.6 Å². The third-order valence-corrected chi connectivity index (χ3v) is 2.72. The lowest BCUT2D eigenvalue weighted by atomic mass is 9.97. The topological polar surface area (TPSA) is 65.2 Å². The fraction of sp³-hybridized carbons (Fsp3) is 0.538. The Morgan fingerprint density at radius 1 is 1.56 bits per heavy atom. The Kier molecular flexibility index (Phi) is 5.22. The van der Waals surface area contributed by atoms with Gasteiger partial charge < -0.3 is 10.5 Å². The van der Waals surface area contributed by atoms with Gasteiger partial charge in [-0.05, 0) is 18.9 Å². The van der Waals surface area contributed by atoms with Gasteiger partial charge in [0.05, 0.1) is 12.2 Å². The van der Waals surface area contributed by atoms with Crippen LogP contribution in [0.4, 0.5) is 4.39 Å². The Morgan fingerprint density at radius 2 is 2.22 bits per heavy atom. The summed E-state index contributed by atoms with van der Waals surface area (Å²) in [6.45, 7) is 5.87. The van der Waals surface area contributed by atoms with Crippen LogP contribution in [-0.4, -0.2) is 23.4 Å². The molecule has 100 valence electrons. The van der Waals surface area contributed by atoms with Gasteiger partial charge in [-0.3, -0.25) is 4.79 Å². The van der Waals surface area contributed by atoms with Gasteiger partial charge in [-0.25, -0.2) is 9.37 Å². The third kappa shape index (κ3) is 3.50. The maximum absolute atomic E-state index is 13.9.